The number of nitrogens with zero attached hydrogens (tertiary/aromatic N) is 2. The molecule has 0 amide bonds. The third kappa shape index (κ3) is 3.72. The highest BCUT2D eigenvalue weighted by Crippen LogP contribution is 2.28. The summed E-state index contributed by atoms with van der Waals surface area (Å²) >= 11 is 0. The molecule has 5 heteroatoms. The van der Waals surface area contributed by atoms with Gasteiger partial charge < -0.3 is 14.8 Å². The molecule has 0 radical (unpaired) electrons. The van der Waals surface area contributed by atoms with Gasteiger partial charge in [0.25, 0.3) is 0 Å². The summed E-state index contributed by atoms with van der Waals surface area (Å²) in [7, 11) is 3.57. The summed E-state index contributed by atoms with van der Waals surface area (Å²) in [6.45, 7) is 2.09. The highest BCUT2D eigenvalue weighted by Gasteiger charge is 2.05. The number of rotatable bonds is 7. The van der Waals surface area contributed by atoms with Crippen molar-refractivity contribution in [3.8, 4) is 11.5 Å². The van der Waals surface area contributed by atoms with Gasteiger partial charge in [-0.05, 0) is 30.8 Å². The molecule has 19 heavy (non-hydrogen) atoms. The normalized spacial score (nSPS) is 10.4. The van der Waals surface area contributed by atoms with Crippen LogP contribution in [0.15, 0.2) is 36.7 Å². The van der Waals surface area contributed by atoms with Crippen LogP contribution in [-0.4, -0.2) is 30.5 Å². The Bertz CT molecular complexity index is 497. The van der Waals surface area contributed by atoms with Crippen molar-refractivity contribution >= 4 is 0 Å². The maximum atomic E-state index is 5.73. The molecule has 0 saturated heterocycles. The van der Waals surface area contributed by atoms with Crippen molar-refractivity contribution in [2.45, 2.75) is 13.1 Å². The van der Waals surface area contributed by atoms with E-state index in [0.29, 0.717) is 13.2 Å². The monoisotopic (exact) mass is 261 g/mol. The summed E-state index contributed by atoms with van der Waals surface area (Å²) < 4.78 is 12.9. The van der Waals surface area contributed by atoms with Gasteiger partial charge in [-0.3, -0.25) is 4.68 Å². The second-order valence-corrected chi connectivity index (χ2v) is 4.13. The maximum Gasteiger partial charge on any atom is 0.161 e. The number of nitrogens with one attached hydrogen (secondary N) is 1. The Labute approximate surface area is 113 Å². The lowest BCUT2D eigenvalue weighted by atomic mass is 10.2. The third-order valence-electron chi connectivity index (χ3n) is 2.75. The van der Waals surface area contributed by atoms with E-state index in [2.05, 4.69) is 10.4 Å². The second-order valence-electron chi connectivity index (χ2n) is 4.13. The highest BCUT2D eigenvalue weighted by atomic mass is 16.5. The van der Waals surface area contributed by atoms with Crippen LogP contribution in [0.3, 0.4) is 0 Å². The molecular weight excluding hydrogens is 242 g/mol. The predicted octanol–water partition coefficient (Wildman–Crippen LogP) is 1.69. The fourth-order valence-corrected chi connectivity index (χ4v) is 1.83. The Morgan fingerprint density at radius 2 is 2.21 bits per heavy atom. The Balaban J connectivity index is 1.95. The molecular formula is C14H19N3O2. The molecule has 0 spiro atoms. The van der Waals surface area contributed by atoms with Crippen molar-refractivity contribution in [1.29, 1.82) is 0 Å². The Kier molecular flexibility index (Phi) is 4.80. The molecule has 0 saturated carbocycles. The SMILES string of the molecule is CNCc1ccc(OCCn2cccn2)c(OC)c1. The van der Waals surface area contributed by atoms with Crippen LogP contribution in [0.4, 0.5) is 0 Å². The standard InChI is InChI=1S/C14H19N3O2/c1-15-11-12-4-5-13(14(10-12)18-2)19-9-8-17-7-3-6-16-17/h3-7,10,15H,8-9,11H2,1-2H3. The maximum absolute atomic E-state index is 5.73. The summed E-state index contributed by atoms with van der Waals surface area (Å²) in [5.74, 6) is 1.52. The molecule has 0 fully saturated rings. The van der Waals surface area contributed by atoms with Crippen molar-refractivity contribution in [2.24, 2.45) is 0 Å². The van der Waals surface area contributed by atoms with Gasteiger partial charge in [0.2, 0.25) is 0 Å². The van der Waals surface area contributed by atoms with Gasteiger partial charge >= 0.3 is 0 Å². The average Bonchev–Trinajstić information content (AvgIpc) is 2.93. The molecule has 5 nitrogen and oxygen atoms in total. The van der Waals surface area contributed by atoms with Crippen molar-refractivity contribution in [3.63, 3.8) is 0 Å². The average molecular weight is 261 g/mol. The quantitative estimate of drug-likeness (QED) is 0.824. The minimum atomic E-state index is 0.559. The van der Waals surface area contributed by atoms with Gasteiger partial charge in [0.1, 0.15) is 6.61 Å². The smallest absolute Gasteiger partial charge is 0.161 e. The van der Waals surface area contributed by atoms with E-state index in [1.54, 1.807) is 13.3 Å². The number of hydrogen-bond donors (Lipinski definition) is 1. The molecule has 0 aliphatic carbocycles. The lowest BCUT2D eigenvalue weighted by molar-refractivity contribution is 0.274. The van der Waals surface area contributed by atoms with Crippen LogP contribution in [0.25, 0.3) is 0 Å². The highest BCUT2D eigenvalue weighted by molar-refractivity contribution is 5.42. The Hall–Kier alpha value is -2.01. The topological polar surface area (TPSA) is 48.3 Å². The van der Waals surface area contributed by atoms with E-state index in [4.69, 9.17) is 9.47 Å². The molecule has 102 valence electrons. The van der Waals surface area contributed by atoms with Crippen LogP contribution in [0.5, 0.6) is 11.5 Å². The first-order valence-corrected chi connectivity index (χ1v) is 6.25. The van der Waals surface area contributed by atoms with E-state index < -0.39 is 0 Å². The predicted molar refractivity (Wildman–Crippen MR) is 73.5 cm³/mol. The van der Waals surface area contributed by atoms with Crippen LogP contribution in [0.2, 0.25) is 0 Å². The summed E-state index contributed by atoms with van der Waals surface area (Å²) in [5, 5.41) is 7.23. The summed E-state index contributed by atoms with van der Waals surface area (Å²) in [5.41, 5.74) is 1.17. The molecule has 1 N–H and O–H groups in total. The lowest BCUT2D eigenvalue weighted by Crippen LogP contribution is -2.09. The van der Waals surface area contributed by atoms with Crippen LogP contribution in [0, 0.1) is 0 Å². The largest absolute Gasteiger partial charge is 0.493 e. The molecule has 0 aliphatic rings. The lowest BCUT2D eigenvalue weighted by Gasteiger charge is -2.12. The zero-order valence-electron chi connectivity index (χ0n) is 11.3. The minimum absolute atomic E-state index is 0.559. The van der Waals surface area contributed by atoms with Crippen molar-refractivity contribution in [1.82, 2.24) is 15.1 Å². The van der Waals surface area contributed by atoms with E-state index in [9.17, 15) is 0 Å². The zero-order chi connectivity index (χ0) is 13.5. The molecule has 0 atom stereocenters. The number of aromatic nitrogens is 2. The van der Waals surface area contributed by atoms with E-state index in [0.717, 1.165) is 18.0 Å². The van der Waals surface area contributed by atoms with Gasteiger partial charge in [-0.2, -0.15) is 5.10 Å². The van der Waals surface area contributed by atoms with Gasteiger partial charge in [0.05, 0.1) is 13.7 Å². The first kappa shape index (κ1) is 13.4. The van der Waals surface area contributed by atoms with Crippen molar-refractivity contribution in [2.75, 3.05) is 20.8 Å². The molecule has 0 aliphatic heterocycles. The number of methoxy groups -OCH3 is 1. The van der Waals surface area contributed by atoms with Crippen LogP contribution in [0.1, 0.15) is 5.56 Å². The van der Waals surface area contributed by atoms with E-state index in [-0.39, 0.29) is 0 Å². The van der Waals surface area contributed by atoms with E-state index >= 15 is 0 Å². The minimum Gasteiger partial charge on any atom is -0.493 e. The van der Waals surface area contributed by atoms with E-state index in [1.165, 1.54) is 5.56 Å². The Morgan fingerprint density at radius 1 is 1.32 bits per heavy atom. The fourth-order valence-electron chi connectivity index (χ4n) is 1.83. The van der Waals surface area contributed by atoms with Crippen LogP contribution in [-0.2, 0) is 13.1 Å². The molecule has 1 aromatic heterocycles. The van der Waals surface area contributed by atoms with Gasteiger partial charge in [-0.15, -0.1) is 0 Å². The molecule has 1 heterocycles. The van der Waals surface area contributed by atoms with Gasteiger partial charge in [0.15, 0.2) is 11.5 Å². The van der Waals surface area contributed by atoms with Gasteiger partial charge in [0, 0.05) is 18.9 Å². The zero-order valence-corrected chi connectivity index (χ0v) is 11.3. The van der Waals surface area contributed by atoms with Gasteiger partial charge in [-0.25, -0.2) is 0 Å². The van der Waals surface area contributed by atoms with E-state index in [1.807, 2.05) is 42.2 Å². The van der Waals surface area contributed by atoms with Crippen LogP contribution >= 0.6 is 0 Å². The summed E-state index contributed by atoms with van der Waals surface area (Å²) in [4.78, 5) is 0. The molecule has 1 aromatic carbocycles. The third-order valence-corrected chi connectivity index (χ3v) is 2.75. The van der Waals surface area contributed by atoms with Crippen LogP contribution < -0.4 is 14.8 Å². The molecule has 0 bridgehead atoms. The molecule has 0 unspecified atom stereocenters. The van der Waals surface area contributed by atoms with Gasteiger partial charge in [-0.1, -0.05) is 6.07 Å². The van der Waals surface area contributed by atoms with Crippen molar-refractivity contribution < 1.29 is 9.47 Å². The molecule has 2 rings (SSSR count). The summed E-state index contributed by atoms with van der Waals surface area (Å²) in [6, 6.07) is 7.85. The fraction of sp³-hybridized carbons (Fsp3) is 0.357. The second kappa shape index (κ2) is 6.80. The number of benzene rings is 1. The number of ether oxygens (including phenoxy) is 2. The van der Waals surface area contributed by atoms with Crippen molar-refractivity contribution in [3.05, 3.63) is 42.2 Å². The molecule has 2 aromatic rings. The number of hydrogen-bond acceptors (Lipinski definition) is 4. The first-order chi connectivity index (χ1) is 9.33. The Morgan fingerprint density at radius 3 is 2.89 bits per heavy atom. The summed E-state index contributed by atoms with van der Waals surface area (Å²) in [6.07, 6.45) is 3.67. The first-order valence-electron chi connectivity index (χ1n) is 6.25.